The van der Waals surface area contributed by atoms with Gasteiger partial charge in [-0.05, 0) is 43.4 Å². The first-order chi connectivity index (χ1) is 10.5. The summed E-state index contributed by atoms with van der Waals surface area (Å²) in [5.41, 5.74) is 0. The summed E-state index contributed by atoms with van der Waals surface area (Å²) >= 11 is 0. The third kappa shape index (κ3) is 2.39. The highest BCUT2D eigenvalue weighted by Gasteiger charge is 2.52. The van der Waals surface area contributed by atoms with Crippen LogP contribution < -0.4 is 0 Å². The van der Waals surface area contributed by atoms with Gasteiger partial charge in [0.2, 0.25) is 0 Å². The summed E-state index contributed by atoms with van der Waals surface area (Å²) in [5, 5.41) is 0. The normalized spacial score (nSPS) is 29.8. The van der Waals surface area contributed by atoms with Crippen LogP contribution in [0.3, 0.4) is 0 Å². The van der Waals surface area contributed by atoms with Crippen molar-refractivity contribution < 1.29 is 8.42 Å². The average molecular weight is 324 g/mol. The molecular formula is C15H24N4O2S. The second-order valence-corrected chi connectivity index (χ2v) is 9.21. The van der Waals surface area contributed by atoms with Crippen molar-refractivity contribution in [2.45, 2.75) is 38.3 Å². The minimum Gasteiger partial charge on any atom is -0.292 e. The Morgan fingerprint density at radius 2 is 1.91 bits per heavy atom. The maximum Gasteiger partial charge on any atom is 0.308 e. The van der Waals surface area contributed by atoms with Crippen LogP contribution in [0, 0.1) is 17.8 Å². The number of nitrogens with zero attached hydrogens (tertiary/aromatic N) is 4. The highest BCUT2D eigenvalue weighted by Crippen LogP contribution is 2.52. The first kappa shape index (κ1) is 14.7. The van der Waals surface area contributed by atoms with Crippen molar-refractivity contribution in [3.05, 3.63) is 18.2 Å². The Bertz CT molecular complexity index is 661. The van der Waals surface area contributed by atoms with E-state index < -0.39 is 10.2 Å². The van der Waals surface area contributed by atoms with Crippen molar-refractivity contribution in [1.29, 1.82) is 0 Å². The number of hydrogen-bond donors (Lipinski definition) is 0. The number of likely N-dealkylation sites (tertiary alicyclic amines) is 1. The predicted octanol–water partition coefficient (Wildman–Crippen LogP) is 1.16. The van der Waals surface area contributed by atoms with Crippen LogP contribution >= 0.6 is 0 Å². The monoisotopic (exact) mass is 324 g/mol. The number of aromatic nitrogens is 2. The highest BCUT2D eigenvalue weighted by atomic mass is 32.2. The zero-order valence-electron chi connectivity index (χ0n) is 13.2. The van der Waals surface area contributed by atoms with Gasteiger partial charge in [-0.3, -0.25) is 4.90 Å². The minimum absolute atomic E-state index is 0.633. The fraction of sp³-hybridized carbons (Fsp3) is 0.800. The van der Waals surface area contributed by atoms with Crippen molar-refractivity contribution in [3.8, 4) is 0 Å². The molecule has 0 spiro atoms. The quantitative estimate of drug-likeness (QED) is 0.788. The standard InChI is InChI=1S/C15H24N4O2S/c1-17(2)22(20,21)19-8-7-16-14(19)10-18-9-13(11-3-4-11)15(18)12-5-6-12/h7-8,11-13,15H,3-6,9-10H2,1-2H3. The molecule has 2 aliphatic carbocycles. The summed E-state index contributed by atoms with van der Waals surface area (Å²) in [5.74, 6) is 3.26. The van der Waals surface area contributed by atoms with Gasteiger partial charge in [-0.25, -0.2) is 8.96 Å². The lowest BCUT2D eigenvalue weighted by Gasteiger charge is -2.49. The summed E-state index contributed by atoms with van der Waals surface area (Å²) in [7, 11) is -0.364. The zero-order chi connectivity index (χ0) is 15.5. The zero-order valence-corrected chi connectivity index (χ0v) is 14.0. The molecule has 7 heteroatoms. The summed E-state index contributed by atoms with van der Waals surface area (Å²) in [4.78, 5) is 6.75. The van der Waals surface area contributed by atoms with E-state index in [1.165, 1.54) is 34.0 Å². The molecule has 1 aliphatic heterocycles. The lowest BCUT2D eigenvalue weighted by Crippen LogP contribution is -2.57. The molecule has 3 aliphatic rings. The van der Waals surface area contributed by atoms with Crippen LogP contribution in [-0.2, 0) is 16.8 Å². The van der Waals surface area contributed by atoms with E-state index in [-0.39, 0.29) is 0 Å². The van der Waals surface area contributed by atoms with E-state index >= 15 is 0 Å². The molecule has 2 unspecified atom stereocenters. The molecule has 2 saturated carbocycles. The van der Waals surface area contributed by atoms with Gasteiger partial charge < -0.3 is 0 Å². The van der Waals surface area contributed by atoms with E-state index in [0.29, 0.717) is 18.4 Å². The number of imidazole rings is 1. The Hall–Kier alpha value is -0.920. The molecular weight excluding hydrogens is 300 g/mol. The van der Waals surface area contributed by atoms with Gasteiger partial charge in [0, 0.05) is 39.1 Å². The first-order valence-electron chi connectivity index (χ1n) is 8.18. The van der Waals surface area contributed by atoms with Gasteiger partial charge in [-0.1, -0.05) is 0 Å². The van der Waals surface area contributed by atoms with Crippen molar-refractivity contribution in [3.63, 3.8) is 0 Å². The maximum atomic E-state index is 12.3. The van der Waals surface area contributed by atoms with Crippen molar-refractivity contribution in [2.24, 2.45) is 17.8 Å². The van der Waals surface area contributed by atoms with Crippen LogP contribution in [-0.4, -0.2) is 53.3 Å². The Morgan fingerprint density at radius 1 is 1.23 bits per heavy atom. The molecule has 6 nitrogen and oxygen atoms in total. The predicted molar refractivity (Wildman–Crippen MR) is 83.4 cm³/mol. The summed E-state index contributed by atoms with van der Waals surface area (Å²) < 4.78 is 27.2. The number of rotatable bonds is 6. The molecule has 3 fully saturated rings. The highest BCUT2D eigenvalue weighted by molar-refractivity contribution is 7.87. The van der Waals surface area contributed by atoms with E-state index in [2.05, 4.69) is 9.88 Å². The third-order valence-corrected chi connectivity index (χ3v) is 7.13. The topological polar surface area (TPSA) is 58.4 Å². The molecule has 0 bridgehead atoms. The fourth-order valence-electron chi connectivity index (χ4n) is 3.84. The molecule has 122 valence electrons. The molecule has 22 heavy (non-hydrogen) atoms. The molecule has 1 aromatic heterocycles. The molecule has 4 rings (SSSR count). The first-order valence-corrected chi connectivity index (χ1v) is 9.57. The maximum absolute atomic E-state index is 12.3. The molecule has 0 amide bonds. The van der Waals surface area contributed by atoms with Crippen molar-refractivity contribution in [2.75, 3.05) is 20.6 Å². The second-order valence-electron chi connectivity index (χ2n) is 7.19. The van der Waals surface area contributed by atoms with E-state index in [9.17, 15) is 8.42 Å². The van der Waals surface area contributed by atoms with Crippen LogP contribution in [0.1, 0.15) is 31.5 Å². The molecule has 2 atom stereocenters. The second kappa shape index (κ2) is 5.04. The third-order valence-electron chi connectivity index (χ3n) is 5.37. The van der Waals surface area contributed by atoms with E-state index in [1.807, 2.05) is 0 Å². The van der Waals surface area contributed by atoms with Gasteiger partial charge in [0.1, 0.15) is 5.82 Å². The molecule has 1 saturated heterocycles. The SMILES string of the molecule is CN(C)S(=O)(=O)n1ccnc1CN1CC(C2CC2)C1C1CC1. The Kier molecular flexibility index (Phi) is 3.36. The van der Waals surface area contributed by atoms with E-state index in [4.69, 9.17) is 0 Å². The van der Waals surface area contributed by atoms with Crippen LogP contribution in [0.15, 0.2) is 12.4 Å². The van der Waals surface area contributed by atoms with Gasteiger partial charge in [-0.2, -0.15) is 12.7 Å². The summed E-state index contributed by atoms with van der Waals surface area (Å²) in [6, 6.07) is 0.666. The van der Waals surface area contributed by atoms with Crippen LogP contribution in [0.5, 0.6) is 0 Å². The summed E-state index contributed by atoms with van der Waals surface area (Å²) in [6.45, 7) is 1.76. The minimum atomic E-state index is -3.47. The summed E-state index contributed by atoms with van der Waals surface area (Å²) in [6.07, 6.45) is 8.61. The molecule has 0 aromatic carbocycles. The molecule has 2 heterocycles. The van der Waals surface area contributed by atoms with Gasteiger partial charge in [0.15, 0.2) is 0 Å². The van der Waals surface area contributed by atoms with Crippen molar-refractivity contribution >= 4 is 10.2 Å². The van der Waals surface area contributed by atoms with Gasteiger partial charge >= 0.3 is 10.2 Å². The lowest BCUT2D eigenvalue weighted by atomic mass is 9.81. The van der Waals surface area contributed by atoms with E-state index in [1.54, 1.807) is 26.5 Å². The molecule has 1 aromatic rings. The Balaban J connectivity index is 1.51. The van der Waals surface area contributed by atoms with Gasteiger partial charge in [0.05, 0.1) is 6.54 Å². The van der Waals surface area contributed by atoms with Crippen LogP contribution in [0.4, 0.5) is 0 Å². The average Bonchev–Trinajstić information content (AvgIpc) is 3.35. The van der Waals surface area contributed by atoms with Crippen LogP contribution in [0.25, 0.3) is 0 Å². The Morgan fingerprint density at radius 3 is 2.50 bits per heavy atom. The smallest absolute Gasteiger partial charge is 0.292 e. The van der Waals surface area contributed by atoms with Crippen LogP contribution in [0.2, 0.25) is 0 Å². The molecule has 0 N–H and O–H groups in total. The molecule has 0 radical (unpaired) electrons. The number of hydrogen-bond acceptors (Lipinski definition) is 4. The fourth-order valence-corrected chi connectivity index (χ4v) is 4.77. The van der Waals surface area contributed by atoms with Gasteiger partial charge in [0.25, 0.3) is 0 Å². The van der Waals surface area contributed by atoms with E-state index in [0.717, 1.165) is 24.3 Å². The Labute approximate surface area is 132 Å². The van der Waals surface area contributed by atoms with Crippen molar-refractivity contribution in [1.82, 2.24) is 18.2 Å². The largest absolute Gasteiger partial charge is 0.308 e. The van der Waals surface area contributed by atoms with Gasteiger partial charge in [-0.15, -0.1) is 0 Å². The lowest BCUT2D eigenvalue weighted by molar-refractivity contribution is -0.0209.